The van der Waals surface area contributed by atoms with Crippen molar-refractivity contribution in [2.45, 2.75) is 13.1 Å². The van der Waals surface area contributed by atoms with Gasteiger partial charge in [-0.1, -0.05) is 0 Å². The number of amides is 1. The highest BCUT2D eigenvalue weighted by molar-refractivity contribution is 7.17. The Morgan fingerprint density at radius 2 is 1.66 bits per heavy atom. The van der Waals surface area contributed by atoms with Gasteiger partial charge in [-0.05, 0) is 34.7 Å². The monoisotopic (exact) mass is 412 g/mol. The number of carbonyl (C=O) groups excluding carboxylic acids is 1. The molecule has 1 amide bonds. The van der Waals surface area contributed by atoms with Gasteiger partial charge in [0, 0.05) is 25.5 Å². The predicted octanol–water partition coefficient (Wildman–Crippen LogP) is 3.30. The molecule has 0 aliphatic carbocycles. The molecule has 0 radical (unpaired) electrons. The van der Waals surface area contributed by atoms with Gasteiger partial charge in [-0.25, -0.2) is 18.7 Å². The molecule has 7 nitrogen and oxygen atoms in total. The van der Waals surface area contributed by atoms with Gasteiger partial charge in [0.1, 0.15) is 11.6 Å². The van der Waals surface area contributed by atoms with E-state index in [2.05, 4.69) is 30.6 Å². The third kappa shape index (κ3) is 4.49. The number of fused-ring (bicyclic) bond motifs is 1. The van der Waals surface area contributed by atoms with E-state index in [1.165, 1.54) is 35.9 Å². The number of thiophene rings is 1. The molecule has 4 aromatic heterocycles. The Kier molecular flexibility index (Phi) is 5.34. The minimum atomic E-state index is -0.474. The van der Waals surface area contributed by atoms with Crippen LogP contribution in [0.2, 0.25) is 0 Å². The Balaban J connectivity index is 1.53. The van der Waals surface area contributed by atoms with Gasteiger partial charge in [0.05, 0.1) is 22.6 Å². The maximum Gasteiger partial charge on any atom is 0.271 e. The summed E-state index contributed by atoms with van der Waals surface area (Å²) in [7, 11) is 0. The van der Waals surface area contributed by atoms with Crippen molar-refractivity contribution in [1.29, 1.82) is 0 Å². The molecule has 146 valence electrons. The molecule has 0 unspecified atom stereocenters. The van der Waals surface area contributed by atoms with E-state index in [4.69, 9.17) is 0 Å². The van der Waals surface area contributed by atoms with Crippen molar-refractivity contribution >= 4 is 33.4 Å². The Morgan fingerprint density at radius 1 is 0.966 bits per heavy atom. The lowest BCUT2D eigenvalue weighted by Gasteiger charge is -2.09. The molecular weight excluding hydrogens is 398 g/mol. The van der Waals surface area contributed by atoms with Crippen molar-refractivity contribution in [3.8, 4) is 0 Å². The van der Waals surface area contributed by atoms with Crippen LogP contribution in [-0.4, -0.2) is 25.8 Å². The Bertz CT molecular complexity index is 1180. The van der Waals surface area contributed by atoms with E-state index in [-0.39, 0.29) is 24.7 Å². The molecule has 0 aromatic carbocycles. The highest BCUT2D eigenvalue weighted by atomic mass is 32.1. The number of aromatic nitrogens is 4. The maximum absolute atomic E-state index is 13.3. The summed E-state index contributed by atoms with van der Waals surface area (Å²) in [5, 5.41) is 7.51. The molecule has 29 heavy (non-hydrogen) atoms. The van der Waals surface area contributed by atoms with E-state index in [9.17, 15) is 13.6 Å². The van der Waals surface area contributed by atoms with E-state index in [0.717, 1.165) is 12.4 Å². The van der Waals surface area contributed by atoms with Crippen LogP contribution in [-0.2, 0) is 13.1 Å². The van der Waals surface area contributed by atoms with Crippen LogP contribution in [0.15, 0.2) is 48.4 Å². The molecule has 4 rings (SSSR count). The zero-order valence-electron chi connectivity index (χ0n) is 14.9. The van der Waals surface area contributed by atoms with Gasteiger partial charge in [0.25, 0.3) is 5.91 Å². The summed E-state index contributed by atoms with van der Waals surface area (Å²) in [6.45, 7) is 0.356. The summed E-state index contributed by atoms with van der Waals surface area (Å²) < 4.78 is 27.2. The second kappa shape index (κ2) is 8.23. The van der Waals surface area contributed by atoms with Gasteiger partial charge in [-0.3, -0.25) is 14.8 Å². The number of hydrogen-bond donors (Lipinski definition) is 2. The topological polar surface area (TPSA) is 92.7 Å². The normalized spacial score (nSPS) is 10.8. The quantitative estimate of drug-likeness (QED) is 0.505. The van der Waals surface area contributed by atoms with E-state index >= 15 is 0 Å². The lowest BCUT2D eigenvalue weighted by atomic mass is 10.2. The fourth-order valence-corrected chi connectivity index (χ4v) is 3.47. The first-order valence-electron chi connectivity index (χ1n) is 8.54. The van der Waals surface area contributed by atoms with Gasteiger partial charge in [-0.15, -0.1) is 11.3 Å². The zero-order chi connectivity index (χ0) is 20.2. The molecule has 2 N–H and O–H groups in total. The number of pyridine rings is 2. The number of halogens is 2. The third-order valence-corrected chi connectivity index (χ3v) is 4.86. The fourth-order valence-electron chi connectivity index (χ4n) is 2.65. The molecule has 4 heterocycles. The molecule has 0 saturated heterocycles. The van der Waals surface area contributed by atoms with Gasteiger partial charge >= 0.3 is 0 Å². The van der Waals surface area contributed by atoms with Crippen LogP contribution < -0.4 is 10.6 Å². The Hall–Kier alpha value is -3.53. The predicted molar refractivity (Wildman–Crippen MR) is 104 cm³/mol. The minimum absolute atomic E-state index is 0.109. The molecule has 0 fully saturated rings. The van der Waals surface area contributed by atoms with Gasteiger partial charge in [0.2, 0.25) is 5.95 Å². The van der Waals surface area contributed by atoms with Crippen molar-refractivity contribution in [3.63, 3.8) is 0 Å². The van der Waals surface area contributed by atoms with Crippen LogP contribution in [0.25, 0.3) is 10.2 Å². The van der Waals surface area contributed by atoms with Crippen molar-refractivity contribution < 1.29 is 13.6 Å². The summed E-state index contributed by atoms with van der Waals surface area (Å²) in [6, 6.07) is 4.43. The number of nitrogens with zero attached hydrogens (tertiary/aromatic N) is 4. The average Bonchev–Trinajstić information content (AvgIpc) is 3.18. The van der Waals surface area contributed by atoms with Crippen LogP contribution >= 0.6 is 11.3 Å². The third-order valence-electron chi connectivity index (χ3n) is 3.95. The summed E-state index contributed by atoms with van der Waals surface area (Å²) in [5.74, 6) is -1.10. The molecule has 0 aliphatic rings. The van der Waals surface area contributed by atoms with E-state index in [1.54, 1.807) is 6.07 Å². The minimum Gasteiger partial charge on any atom is -0.350 e. The largest absolute Gasteiger partial charge is 0.350 e. The first-order chi connectivity index (χ1) is 14.1. The summed E-state index contributed by atoms with van der Waals surface area (Å²) in [5.41, 5.74) is 1.96. The molecule has 0 atom stereocenters. The smallest absolute Gasteiger partial charge is 0.271 e. The Morgan fingerprint density at radius 3 is 2.34 bits per heavy atom. The molecule has 0 saturated carbocycles. The second-order valence-electron chi connectivity index (χ2n) is 6.09. The lowest BCUT2D eigenvalue weighted by Crippen LogP contribution is -2.24. The number of rotatable bonds is 6. The van der Waals surface area contributed by atoms with E-state index in [0.29, 0.717) is 21.3 Å². The Labute approximate surface area is 167 Å². The van der Waals surface area contributed by atoms with Crippen molar-refractivity contribution in [1.82, 2.24) is 25.3 Å². The number of carbonyl (C=O) groups is 1. The van der Waals surface area contributed by atoms with Crippen LogP contribution in [0, 0.1) is 11.6 Å². The van der Waals surface area contributed by atoms with E-state index < -0.39 is 17.5 Å². The van der Waals surface area contributed by atoms with Crippen LogP contribution in [0.4, 0.5) is 14.7 Å². The highest BCUT2D eigenvalue weighted by Gasteiger charge is 2.16. The molecule has 4 aromatic rings. The standard InChI is InChI=1S/C19H14F2N6OS/c20-13-3-11(5-22-9-13)7-24-18(28)16-17-15(1-2-29-17)26-19(27-16)25-8-12-4-14(21)10-23-6-12/h1-6,9-10H,7-8H2,(H,24,28)(H,25,26,27). The number of hydrogen-bond acceptors (Lipinski definition) is 7. The van der Waals surface area contributed by atoms with E-state index in [1.807, 2.05) is 5.38 Å². The highest BCUT2D eigenvalue weighted by Crippen LogP contribution is 2.24. The van der Waals surface area contributed by atoms with Gasteiger partial charge in [0.15, 0.2) is 5.69 Å². The van der Waals surface area contributed by atoms with Crippen LogP contribution in [0.3, 0.4) is 0 Å². The molecule has 0 aliphatic heterocycles. The summed E-state index contributed by atoms with van der Waals surface area (Å²) in [6.07, 6.45) is 5.22. The summed E-state index contributed by atoms with van der Waals surface area (Å²) in [4.78, 5) is 28.9. The first-order valence-corrected chi connectivity index (χ1v) is 9.42. The first kappa shape index (κ1) is 18.8. The van der Waals surface area contributed by atoms with Gasteiger partial charge in [-0.2, -0.15) is 0 Å². The molecule has 0 spiro atoms. The molecule has 0 bridgehead atoms. The van der Waals surface area contributed by atoms with Crippen LogP contribution in [0.5, 0.6) is 0 Å². The maximum atomic E-state index is 13.3. The van der Waals surface area contributed by atoms with Crippen molar-refractivity contribution in [3.05, 3.63) is 76.8 Å². The average molecular weight is 412 g/mol. The lowest BCUT2D eigenvalue weighted by molar-refractivity contribution is 0.0948. The SMILES string of the molecule is O=C(NCc1cncc(F)c1)c1nc(NCc2cncc(F)c2)nc2ccsc12. The van der Waals surface area contributed by atoms with Crippen LogP contribution in [0.1, 0.15) is 21.6 Å². The summed E-state index contributed by atoms with van der Waals surface area (Å²) >= 11 is 1.35. The van der Waals surface area contributed by atoms with Crippen molar-refractivity contribution in [2.75, 3.05) is 5.32 Å². The number of nitrogens with one attached hydrogen (secondary N) is 2. The van der Waals surface area contributed by atoms with Crippen molar-refractivity contribution in [2.24, 2.45) is 0 Å². The van der Waals surface area contributed by atoms with Gasteiger partial charge < -0.3 is 10.6 Å². The number of anilines is 1. The zero-order valence-corrected chi connectivity index (χ0v) is 15.7. The second-order valence-corrected chi connectivity index (χ2v) is 7.01. The fraction of sp³-hybridized carbons (Fsp3) is 0.105. The molecule has 10 heteroatoms. The molecular formula is C19H14F2N6OS.